The highest BCUT2D eigenvalue weighted by Crippen LogP contribution is 2.31. The van der Waals surface area contributed by atoms with E-state index >= 15 is 0 Å². The van der Waals surface area contributed by atoms with Gasteiger partial charge in [0.2, 0.25) is 0 Å². The van der Waals surface area contributed by atoms with Crippen molar-refractivity contribution in [3.63, 3.8) is 0 Å². The largest absolute Gasteiger partial charge is 0.492 e. The average Bonchev–Trinajstić information content (AvgIpc) is 3.30. The van der Waals surface area contributed by atoms with E-state index in [-0.39, 0.29) is 11.9 Å². The molecule has 2 fully saturated rings. The van der Waals surface area contributed by atoms with Gasteiger partial charge in [0.25, 0.3) is 5.91 Å². The van der Waals surface area contributed by atoms with E-state index in [1.165, 1.54) is 12.8 Å². The van der Waals surface area contributed by atoms with Gasteiger partial charge in [-0.2, -0.15) is 5.10 Å². The second kappa shape index (κ2) is 6.67. The summed E-state index contributed by atoms with van der Waals surface area (Å²) in [6.45, 7) is 2.23. The Bertz CT molecular complexity index is 694. The molecule has 0 spiro atoms. The second-order valence-corrected chi connectivity index (χ2v) is 6.78. The maximum absolute atomic E-state index is 13.0. The molecule has 126 valence electrons. The summed E-state index contributed by atoms with van der Waals surface area (Å²) in [4.78, 5) is 15.0. The number of hydrogen-bond donors (Lipinski definition) is 0. The Kier molecular flexibility index (Phi) is 4.24. The van der Waals surface area contributed by atoms with Crippen LogP contribution in [0.4, 0.5) is 0 Å². The van der Waals surface area contributed by atoms with Crippen molar-refractivity contribution >= 4 is 5.91 Å². The first-order valence-corrected chi connectivity index (χ1v) is 8.81. The van der Waals surface area contributed by atoms with Gasteiger partial charge in [0, 0.05) is 25.5 Å². The molecule has 1 saturated heterocycles. The molecule has 1 atom stereocenters. The molecule has 1 saturated carbocycles. The van der Waals surface area contributed by atoms with Gasteiger partial charge in [0.1, 0.15) is 5.75 Å². The minimum Gasteiger partial charge on any atom is -0.492 e. The third kappa shape index (κ3) is 3.30. The number of para-hydroxylation sites is 1. The quantitative estimate of drug-likeness (QED) is 0.848. The van der Waals surface area contributed by atoms with E-state index in [2.05, 4.69) is 5.10 Å². The Morgan fingerprint density at radius 1 is 1.21 bits per heavy atom. The normalized spacial score (nSPS) is 20.8. The summed E-state index contributed by atoms with van der Waals surface area (Å²) in [5.41, 5.74) is 0.680. The predicted octanol–water partition coefficient (Wildman–Crippen LogP) is 3.15. The number of ether oxygens (including phenoxy) is 1. The van der Waals surface area contributed by atoms with Crippen LogP contribution >= 0.6 is 0 Å². The molecule has 2 aliphatic rings. The molecule has 1 aromatic heterocycles. The zero-order valence-electron chi connectivity index (χ0n) is 13.8. The molecular weight excluding hydrogens is 302 g/mol. The Morgan fingerprint density at radius 2 is 2.08 bits per heavy atom. The standard InChI is InChI=1S/C19H23N3O2/c23-19(17-6-1-2-7-18(17)24-14-15-8-9-15)21-11-3-5-16(13-21)22-12-4-10-20-22/h1-2,4,6-7,10,12,15-16H,3,5,8-9,11,13-14H2/t16-/m1/s1. The highest BCUT2D eigenvalue weighted by Gasteiger charge is 2.28. The van der Waals surface area contributed by atoms with Gasteiger partial charge in [-0.1, -0.05) is 12.1 Å². The van der Waals surface area contributed by atoms with Crippen LogP contribution < -0.4 is 4.74 Å². The van der Waals surface area contributed by atoms with E-state index in [0.717, 1.165) is 31.7 Å². The van der Waals surface area contributed by atoms with Crippen molar-refractivity contribution in [2.45, 2.75) is 31.7 Å². The molecule has 4 rings (SSSR count). The van der Waals surface area contributed by atoms with Crippen LogP contribution in [0, 0.1) is 5.92 Å². The molecule has 0 radical (unpaired) electrons. The number of likely N-dealkylation sites (tertiary alicyclic amines) is 1. The number of carbonyl (C=O) groups is 1. The van der Waals surface area contributed by atoms with Crippen molar-refractivity contribution in [3.05, 3.63) is 48.3 Å². The molecule has 1 aromatic carbocycles. The van der Waals surface area contributed by atoms with E-state index in [1.54, 1.807) is 6.20 Å². The number of piperidine rings is 1. The summed E-state index contributed by atoms with van der Waals surface area (Å²) in [5, 5.41) is 4.33. The zero-order chi connectivity index (χ0) is 16.4. The molecule has 1 aliphatic heterocycles. The van der Waals surface area contributed by atoms with Gasteiger partial charge in [-0.15, -0.1) is 0 Å². The first-order chi connectivity index (χ1) is 11.8. The van der Waals surface area contributed by atoms with Gasteiger partial charge in [0.05, 0.1) is 18.2 Å². The molecule has 2 aromatic rings. The summed E-state index contributed by atoms with van der Waals surface area (Å²) < 4.78 is 7.87. The Hall–Kier alpha value is -2.30. The number of aromatic nitrogens is 2. The molecule has 2 heterocycles. The number of amides is 1. The molecule has 24 heavy (non-hydrogen) atoms. The highest BCUT2D eigenvalue weighted by atomic mass is 16.5. The van der Waals surface area contributed by atoms with Crippen LogP contribution in [0.1, 0.15) is 42.1 Å². The number of hydrogen-bond acceptors (Lipinski definition) is 3. The lowest BCUT2D eigenvalue weighted by Crippen LogP contribution is -2.41. The van der Waals surface area contributed by atoms with Crippen molar-refractivity contribution in [1.29, 1.82) is 0 Å². The summed E-state index contributed by atoms with van der Waals surface area (Å²) in [6, 6.07) is 9.82. The first kappa shape index (κ1) is 15.2. The van der Waals surface area contributed by atoms with Crippen LogP contribution in [0.25, 0.3) is 0 Å². The lowest BCUT2D eigenvalue weighted by molar-refractivity contribution is 0.0668. The summed E-state index contributed by atoms with van der Waals surface area (Å²) in [7, 11) is 0. The van der Waals surface area contributed by atoms with Crippen molar-refractivity contribution in [2.75, 3.05) is 19.7 Å². The fourth-order valence-electron chi connectivity index (χ4n) is 3.28. The van der Waals surface area contributed by atoms with E-state index in [4.69, 9.17) is 4.74 Å². The number of benzene rings is 1. The molecule has 5 heteroatoms. The van der Waals surface area contributed by atoms with Crippen LogP contribution in [0.15, 0.2) is 42.7 Å². The summed E-state index contributed by atoms with van der Waals surface area (Å²) in [6.07, 6.45) is 8.32. The van der Waals surface area contributed by atoms with Crippen LogP contribution in [-0.4, -0.2) is 40.3 Å². The molecular formula is C19H23N3O2. The van der Waals surface area contributed by atoms with Crippen LogP contribution in [0.5, 0.6) is 5.75 Å². The molecule has 0 bridgehead atoms. The lowest BCUT2D eigenvalue weighted by Gasteiger charge is -2.33. The Balaban J connectivity index is 1.48. The topological polar surface area (TPSA) is 47.4 Å². The van der Waals surface area contributed by atoms with Crippen LogP contribution in [-0.2, 0) is 0 Å². The van der Waals surface area contributed by atoms with E-state index < -0.39 is 0 Å². The molecule has 1 aliphatic carbocycles. The molecule has 0 N–H and O–H groups in total. The third-order valence-corrected chi connectivity index (χ3v) is 4.87. The average molecular weight is 325 g/mol. The van der Waals surface area contributed by atoms with Crippen molar-refractivity contribution in [1.82, 2.24) is 14.7 Å². The number of nitrogens with zero attached hydrogens (tertiary/aromatic N) is 3. The SMILES string of the molecule is O=C(c1ccccc1OCC1CC1)N1CCC[C@@H](n2cccn2)C1. The first-order valence-electron chi connectivity index (χ1n) is 8.81. The van der Waals surface area contributed by atoms with Gasteiger partial charge in [0.15, 0.2) is 0 Å². The Morgan fingerprint density at radius 3 is 2.88 bits per heavy atom. The number of rotatable bonds is 5. The lowest BCUT2D eigenvalue weighted by atomic mass is 10.0. The van der Waals surface area contributed by atoms with Crippen molar-refractivity contribution in [2.24, 2.45) is 5.92 Å². The minimum atomic E-state index is 0.0678. The van der Waals surface area contributed by atoms with Crippen LogP contribution in [0.2, 0.25) is 0 Å². The second-order valence-electron chi connectivity index (χ2n) is 6.78. The van der Waals surface area contributed by atoms with Gasteiger partial charge in [-0.25, -0.2) is 0 Å². The Labute approximate surface area is 142 Å². The zero-order valence-corrected chi connectivity index (χ0v) is 13.8. The summed E-state index contributed by atoms with van der Waals surface area (Å²) >= 11 is 0. The molecule has 1 amide bonds. The van der Waals surface area contributed by atoms with E-state index in [0.29, 0.717) is 18.0 Å². The summed E-state index contributed by atoms with van der Waals surface area (Å²) in [5.74, 6) is 1.46. The van der Waals surface area contributed by atoms with Crippen molar-refractivity contribution < 1.29 is 9.53 Å². The monoisotopic (exact) mass is 325 g/mol. The third-order valence-electron chi connectivity index (χ3n) is 4.87. The van der Waals surface area contributed by atoms with Crippen molar-refractivity contribution in [3.8, 4) is 5.75 Å². The number of carbonyl (C=O) groups excluding carboxylic acids is 1. The van der Waals surface area contributed by atoms with Crippen LogP contribution in [0.3, 0.4) is 0 Å². The smallest absolute Gasteiger partial charge is 0.257 e. The fraction of sp³-hybridized carbons (Fsp3) is 0.474. The van der Waals surface area contributed by atoms with E-state index in [1.807, 2.05) is 46.1 Å². The van der Waals surface area contributed by atoms with Gasteiger partial charge < -0.3 is 9.64 Å². The predicted molar refractivity (Wildman–Crippen MR) is 91.1 cm³/mol. The molecule has 5 nitrogen and oxygen atoms in total. The van der Waals surface area contributed by atoms with Gasteiger partial charge in [-0.3, -0.25) is 9.48 Å². The maximum atomic E-state index is 13.0. The minimum absolute atomic E-state index is 0.0678. The molecule has 0 unspecified atom stereocenters. The fourth-order valence-corrected chi connectivity index (χ4v) is 3.28. The van der Waals surface area contributed by atoms with E-state index in [9.17, 15) is 4.79 Å². The van der Waals surface area contributed by atoms with Gasteiger partial charge in [-0.05, 0) is 49.8 Å². The highest BCUT2D eigenvalue weighted by molar-refractivity contribution is 5.97. The van der Waals surface area contributed by atoms with Gasteiger partial charge >= 0.3 is 0 Å². The maximum Gasteiger partial charge on any atom is 0.257 e.